The fourth-order valence-corrected chi connectivity index (χ4v) is 2.40. The number of carbonyl (C=O) groups excluding carboxylic acids is 1. The summed E-state index contributed by atoms with van der Waals surface area (Å²) in [5, 5.41) is 7.15. The van der Waals surface area contributed by atoms with Gasteiger partial charge in [0.05, 0.1) is 5.71 Å². The first-order chi connectivity index (χ1) is 10.2. The smallest absolute Gasteiger partial charge is 0.297 e. The molecular weight excluding hydrogens is 288 g/mol. The molecule has 0 saturated carbocycles. The van der Waals surface area contributed by atoms with Crippen LogP contribution in [0.25, 0.3) is 0 Å². The van der Waals surface area contributed by atoms with Crippen LogP contribution in [0.5, 0.6) is 0 Å². The van der Waals surface area contributed by atoms with E-state index in [0.29, 0.717) is 10.7 Å². The Labute approximate surface area is 127 Å². The van der Waals surface area contributed by atoms with Gasteiger partial charge in [-0.05, 0) is 42.7 Å². The predicted molar refractivity (Wildman–Crippen MR) is 82.9 cm³/mol. The standard InChI is InChI=1S/C16H13ClN2O2/c17-12-6-8-13(9-7-12)18-16(20)21-19-15-10-5-11-3-1-2-4-14(11)15/h1-4,6-9H,5,10H2,(H,18,20). The number of nitrogens with one attached hydrogen (secondary N) is 1. The molecule has 1 aliphatic carbocycles. The third-order valence-electron chi connectivity index (χ3n) is 3.29. The van der Waals surface area contributed by atoms with E-state index in [1.807, 2.05) is 18.2 Å². The van der Waals surface area contributed by atoms with Crippen LogP contribution in [-0.4, -0.2) is 11.8 Å². The lowest BCUT2D eigenvalue weighted by atomic mass is 10.1. The highest BCUT2D eigenvalue weighted by Crippen LogP contribution is 2.22. The van der Waals surface area contributed by atoms with Crippen molar-refractivity contribution in [1.29, 1.82) is 0 Å². The molecule has 1 amide bonds. The van der Waals surface area contributed by atoms with Gasteiger partial charge >= 0.3 is 6.09 Å². The minimum Gasteiger partial charge on any atom is -0.297 e. The second-order valence-electron chi connectivity index (χ2n) is 4.71. The highest BCUT2D eigenvalue weighted by molar-refractivity contribution is 6.30. The van der Waals surface area contributed by atoms with Gasteiger partial charge in [0.25, 0.3) is 0 Å². The first-order valence-corrected chi connectivity index (χ1v) is 6.99. The van der Waals surface area contributed by atoms with Crippen molar-refractivity contribution in [2.24, 2.45) is 5.16 Å². The SMILES string of the molecule is O=C(Nc1ccc(Cl)cc1)ON=C1CCc2ccccc21. The van der Waals surface area contributed by atoms with Gasteiger partial charge in [-0.1, -0.05) is 41.0 Å². The van der Waals surface area contributed by atoms with E-state index >= 15 is 0 Å². The molecule has 4 nitrogen and oxygen atoms in total. The minimum atomic E-state index is -0.616. The lowest BCUT2D eigenvalue weighted by molar-refractivity contribution is 0.166. The number of benzene rings is 2. The molecule has 0 aliphatic heterocycles. The molecule has 0 bridgehead atoms. The summed E-state index contributed by atoms with van der Waals surface area (Å²) in [5.41, 5.74) is 3.70. The molecule has 0 aromatic heterocycles. The fourth-order valence-electron chi connectivity index (χ4n) is 2.27. The van der Waals surface area contributed by atoms with E-state index < -0.39 is 6.09 Å². The van der Waals surface area contributed by atoms with E-state index in [9.17, 15) is 4.79 Å². The summed E-state index contributed by atoms with van der Waals surface area (Å²) in [4.78, 5) is 16.6. The molecule has 2 aromatic rings. The first-order valence-electron chi connectivity index (χ1n) is 6.61. The molecule has 106 valence electrons. The lowest BCUT2D eigenvalue weighted by Crippen LogP contribution is -2.11. The number of hydrogen-bond donors (Lipinski definition) is 1. The van der Waals surface area contributed by atoms with Crippen molar-refractivity contribution in [3.63, 3.8) is 0 Å². The van der Waals surface area contributed by atoms with Crippen LogP contribution in [0.2, 0.25) is 5.02 Å². The molecule has 3 rings (SSSR count). The Hall–Kier alpha value is -2.33. The molecule has 1 aliphatic rings. The van der Waals surface area contributed by atoms with Crippen LogP contribution in [0.3, 0.4) is 0 Å². The van der Waals surface area contributed by atoms with E-state index in [2.05, 4.69) is 16.5 Å². The zero-order valence-electron chi connectivity index (χ0n) is 11.2. The van der Waals surface area contributed by atoms with Crippen molar-refractivity contribution in [1.82, 2.24) is 0 Å². The number of anilines is 1. The Morgan fingerprint density at radius 3 is 2.67 bits per heavy atom. The molecule has 0 fully saturated rings. The molecule has 0 radical (unpaired) electrons. The van der Waals surface area contributed by atoms with E-state index in [4.69, 9.17) is 16.4 Å². The Morgan fingerprint density at radius 2 is 1.86 bits per heavy atom. The summed E-state index contributed by atoms with van der Waals surface area (Å²) in [6.07, 6.45) is 1.10. The number of hydrogen-bond acceptors (Lipinski definition) is 3. The average Bonchev–Trinajstić information content (AvgIpc) is 2.91. The van der Waals surface area contributed by atoms with E-state index in [1.54, 1.807) is 24.3 Å². The zero-order chi connectivity index (χ0) is 14.7. The number of oxime groups is 1. The lowest BCUT2D eigenvalue weighted by Gasteiger charge is -2.03. The summed E-state index contributed by atoms with van der Waals surface area (Å²) in [7, 11) is 0. The van der Waals surface area contributed by atoms with Crippen LogP contribution >= 0.6 is 11.6 Å². The predicted octanol–water partition coefficient (Wildman–Crippen LogP) is 4.24. The van der Waals surface area contributed by atoms with Gasteiger partial charge in [-0.25, -0.2) is 4.79 Å². The first kappa shape index (κ1) is 13.6. The number of nitrogens with zero attached hydrogens (tertiary/aromatic N) is 1. The maximum atomic E-state index is 11.7. The normalized spacial score (nSPS) is 14.8. The van der Waals surface area contributed by atoms with E-state index in [1.165, 1.54) is 5.56 Å². The van der Waals surface area contributed by atoms with Gasteiger partial charge in [0.15, 0.2) is 0 Å². The van der Waals surface area contributed by atoms with Gasteiger partial charge in [-0.15, -0.1) is 0 Å². The van der Waals surface area contributed by atoms with Gasteiger partial charge in [-0.3, -0.25) is 10.2 Å². The zero-order valence-corrected chi connectivity index (χ0v) is 11.9. The molecule has 0 saturated heterocycles. The number of aryl methyl sites for hydroxylation is 1. The van der Waals surface area contributed by atoms with Gasteiger partial charge < -0.3 is 0 Å². The van der Waals surface area contributed by atoms with Crippen molar-refractivity contribution in [2.45, 2.75) is 12.8 Å². The molecule has 2 aromatic carbocycles. The molecule has 0 heterocycles. The molecule has 21 heavy (non-hydrogen) atoms. The van der Waals surface area contributed by atoms with Crippen LogP contribution in [0.1, 0.15) is 17.5 Å². The quantitative estimate of drug-likeness (QED) is 0.666. The van der Waals surface area contributed by atoms with Gasteiger partial charge in [0.2, 0.25) is 0 Å². The minimum absolute atomic E-state index is 0.608. The van der Waals surface area contributed by atoms with Crippen molar-refractivity contribution in [3.05, 3.63) is 64.7 Å². The second kappa shape index (κ2) is 5.97. The van der Waals surface area contributed by atoms with Gasteiger partial charge in [-0.2, -0.15) is 0 Å². The highest BCUT2D eigenvalue weighted by Gasteiger charge is 2.17. The average molecular weight is 301 g/mol. The Balaban J connectivity index is 1.64. The highest BCUT2D eigenvalue weighted by atomic mass is 35.5. The third-order valence-corrected chi connectivity index (χ3v) is 3.54. The maximum absolute atomic E-state index is 11.7. The molecule has 5 heteroatoms. The molecule has 0 unspecified atom stereocenters. The van der Waals surface area contributed by atoms with Crippen LogP contribution in [-0.2, 0) is 11.3 Å². The van der Waals surface area contributed by atoms with Gasteiger partial charge in [0.1, 0.15) is 0 Å². The number of carbonyl (C=O) groups is 1. The van der Waals surface area contributed by atoms with Crippen LogP contribution in [0.15, 0.2) is 53.7 Å². The van der Waals surface area contributed by atoms with Crippen LogP contribution < -0.4 is 5.32 Å². The Kier molecular flexibility index (Phi) is 3.88. The summed E-state index contributed by atoms with van der Waals surface area (Å²) >= 11 is 5.78. The van der Waals surface area contributed by atoms with Gasteiger partial charge in [0, 0.05) is 16.3 Å². The van der Waals surface area contributed by atoms with Crippen LogP contribution in [0, 0.1) is 0 Å². The summed E-state index contributed by atoms with van der Waals surface area (Å²) in [6.45, 7) is 0. The second-order valence-corrected chi connectivity index (χ2v) is 5.14. The summed E-state index contributed by atoms with van der Waals surface area (Å²) < 4.78 is 0. The molecule has 0 atom stereocenters. The molecule has 0 spiro atoms. The van der Waals surface area contributed by atoms with Crippen molar-refractivity contribution >= 4 is 29.1 Å². The van der Waals surface area contributed by atoms with E-state index in [0.717, 1.165) is 24.1 Å². The van der Waals surface area contributed by atoms with Crippen molar-refractivity contribution < 1.29 is 9.63 Å². The molecule has 1 N–H and O–H groups in total. The van der Waals surface area contributed by atoms with Crippen molar-refractivity contribution in [3.8, 4) is 0 Å². The Morgan fingerprint density at radius 1 is 1.10 bits per heavy atom. The topological polar surface area (TPSA) is 50.7 Å². The fraction of sp³-hybridized carbons (Fsp3) is 0.125. The van der Waals surface area contributed by atoms with Crippen molar-refractivity contribution in [2.75, 3.05) is 5.32 Å². The summed E-state index contributed by atoms with van der Waals surface area (Å²) in [6, 6.07) is 14.8. The number of amides is 1. The molecular formula is C16H13ClN2O2. The number of fused-ring (bicyclic) bond motifs is 1. The monoisotopic (exact) mass is 300 g/mol. The third kappa shape index (κ3) is 3.23. The summed E-state index contributed by atoms with van der Waals surface area (Å²) in [5.74, 6) is 0. The maximum Gasteiger partial charge on any atom is 0.437 e. The Bertz CT molecular complexity index is 696. The van der Waals surface area contributed by atoms with Crippen LogP contribution in [0.4, 0.5) is 10.5 Å². The number of rotatable bonds is 2. The number of halogens is 1. The largest absolute Gasteiger partial charge is 0.437 e. The van der Waals surface area contributed by atoms with E-state index in [-0.39, 0.29) is 0 Å².